The highest BCUT2D eigenvalue weighted by molar-refractivity contribution is 6.14. The Hall–Kier alpha value is -2.78. The van der Waals surface area contributed by atoms with Crippen LogP contribution in [-0.2, 0) is 19.2 Å². The molecule has 0 unspecified atom stereocenters. The first-order chi connectivity index (χ1) is 9.65. The smallest absolute Gasteiger partial charge is 0.277 e. The molecule has 2 saturated heterocycles. The summed E-state index contributed by atoms with van der Waals surface area (Å²) in [5, 5.41) is 1.99. The number of nitrogens with zero attached hydrogens (tertiary/aromatic N) is 3. The predicted molar refractivity (Wildman–Crippen MR) is 66.5 cm³/mol. The number of urea groups is 2. The zero-order valence-electron chi connectivity index (χ0n) is 11.7. The van der Waals surface area contributed by atoms with Crippen molar-refractivity contribution in [1.29, 1.82) is 0 Å². The monoisotopic (exact) mass is 298 g/mol. The molecule has 10 nitrogen and oxygen atoms in total. The number of barbiturate groups is 2. The van der Waals surface area contributed by atoms with Gasteiger partial charge in [0, 0.05) is 21.1 Å². The molecule has 0 aromatic heterocycles. The van der Waals surface area contributed by atoms with Crippen molar-refractivity contribution in [3.63, 3.8) is 0 Å². The van der Waals surface area contributed by atoms with Crippen molar-refractivity contribution in [3.05, 3.63) is 0 Å². The molecule has 1 N–H and O–H groups in total. The molecule has 0 bridgehead atoms. The van der Waals surface area contributed by atoms with Gasteiger partial charge in [0.1, 0.15) is 12.8 Å². The van der Waals surface area contributed by atoms with Crippen molar-refractivity contribution in [2.75, 3.05) is 21.1 Å². The van der Waals surface area contributed by atoms with Crippen LogP contribution in [-0.4, -0.2) is 71.5 Å². The van der Waals surface area contributed by atoms with Crippen LogP contribution in [0.4, 0.5) is 9.59 Å². The summed E-state index contributed by atoms with van der Waals surface area (Å²) in [6.07, 6.45) is -0.443. The molecular formula is C11H14N4O6. The number of hydrogen-bond donors (Lipinski definition) is 1. The minimum Gasteiger partial charge on any atom is -0.277 e. The van der Waals surface area contributed by atoms with Crippen LogP contribution >= 0.6 is 0 Å². The first-order valence-electron chi connectivity index (χ1n) is 5.82. The first kappa shape index (κ1) is 16.3. The molecule has 2 rings (SSSR count). The lowest BCUT2D eigenvalue weighted by atomic mass is 10.3. The summed E-state index contributed by atoms with van der Waals surface area (Å²) in [7, 11) is 4.03. The Morgan fingerprint density at radius 1 is 0.714 bits per heavy atom. The number of carbonyl (C=O) groups excluding carboxylic acids is 6. The van der Waals surface area contributed by atoms with Crippen molar-refractivity contribution < 1.29 is 28.8 Å². The van der Waals surface area contributed by atoms with Gasteiger partial charge in [-0.3, -0.25) is 39.2 Å². The van der Waals surface area contributed by atoms with Crippen LogP contribution in [0.15, 0.2) is 0 Å². The molecular weight excluding hydrogens is 284 g/mol. The lowest BCUT2D eigenvalue weighted by Crippen LogP contribution is -2.51. The Balaban J connectivity index is 0.000000211. The largest absolute Gasteiger partial charge is 0.332 e. The Labute approximate surface area is 119 Å². The summed E-state index contributed by atoms with van der Waals surface area (Å²) in [6, 6.07) is -1.22. The maximum absolute atomic E-state index is 11.0. The topological polar surface area (TPSA) is 124 Å². The van der Waals surface area contributed by atoms with E-state index in [4.69, 9.17) is 0 Å². The Morgan fingerprint density at radius 2 is 1.14 bits per heavy atom. The van der Waals surface area contributed by atoms with Crippen molar-refractivity contribution in [2.24, 2.45) is 0 Å². The van der Waals surface area contributed by atoms with E-state index >= 15 is 0 Å². The number of hydrogen-bond acceptors (Lipinski definition) is 6. The molecule has 2 fully saturated rings. The number of rotatable bonds is 0. The van der Waals surface area contributed by atoms with Crippen molar-refractivity contribution >= 4 is 35.7 Å². The van der Waals surface area contributed by atoms with E-state index in [9.17, 15) is 28.8 Å². The molecule has 8 amide bonds. The Morgan fingerprint density at radius 3 is 1.57 bits per heavy atom. The van der Waals surface area contributed by atoms with Gasteiger partial charge in [-0.05, 0) is 0 Å². The third kappa shape index (κ3) is 3.61. The minimum absolute atomic E-state index is 0.210. The second-order valence-electron chi connectivity index (χ2n) is 4.35. The molecule has 0 aliphatic carbocycles. The normalized spacial score (nSPS) is 19.5. The minimum atomic E-state index is -0.652. The first-order valence-corrected chi connectivity index (χ1v) is 5.82. The van der Waals surface area contributed by atoms with Gasteiger partial charge in [-0.1, -0.05) is 0 Å². The third-order valence-corrected chi connectivity index (χ3v) is 2.86. The summed E-state index contributed by atoms with van der Waals surface area (Å²) in [5.74, 6) is -1.89. The quantitative estimate of drug-likeness (QED) is 0.543. The average molecular weight is 298 g/mol. The Bertz CT molecular complexity index is 501. The third-order valence-electron chi connectivity index (χ3n) is 2.86. The van der Waals surface area contributed by atoms with Gasteiger partial charge in [0.2, 0.25) is 23.6 Å². The van der Waals surface area contributed by atoms with E-state index in [-0.39, 0.29) is 12.8 Å². The van der Waals surface area contributed by atoms with E-state index in [1.165, 1.54) is 21.1 Å². The van der Waals surface area contributed by atoms with E-state index in [1.54, 1.807) is 0 Å². The van der Waals surface area contributed by atoms with E-state index in [0.717, 1.165) is 14.7 Å². The zero-order chi connectivity index (χ0) is 16.3. The Kier molecular flexibility index (Phi) is 4.74. The van der Waals surface area contributed by atoms with E-state index in [0.29, 0.717) is 0 Å². The average Bonchev–Trinajstić information content (AvgIpc) is 2.41. The van der Waals surface area contributed by atoms with Gasteiger partial charge >= 0.3 is 12.1 Å². The summed E-state index contributed by atoms with van der Waals surface area (Å²) >= 11 is 0. The molecule has 0 spiro atoms. The predicted octanol–water partition coefficient (Wildman–Crippen LogP) is -1.49. The van der Waals surface area contributed by atoms with Gasteiger partial charge < -0.3 is 0 Å². The molecule has 21 heavy (non-hydrogen) atoms. The molecule has 10 heteroatoms. The SMILES string of the molecule is CN1C(=O)CC(=O)N(C)C1=O.CN1C(=O)CC(=O)NC1=O. The van der Waals surface area contributed by atoms with Crippen LogP contribution < -0.4 is 5.32 Å². The van der Waals surface area contributed by atoms with Crippen LogP contribution in [0.25, 0.3) is 0 Å². The summed E-state index contributed by atoms with van der Waals surface area (Å²) in [5.41, 5.74) is 0. The van der Waals surface area contributed by atoms with Crippen LogP contribution in [0.1, 0.15) is 12.8 Å². The second-order valence-corrected chi connectivity index (χ2v) is 4.35. The highest BCUT2D eigenvalue weighted by Gasteiger charge is 2.32. The van der Waals surface area contributed by atoms with Gasteiger partial charge in [-0.15, -0.1) is 0 Å². The highest BCUT2D eigenvalue weighted by Crippen LogP contribution is 2.06. The molecule has 2 heterocycles. The van der Waals surface area contributed by atoms with Gasteiger partial charge in [-0.25, -0.2) is 9.59 Å². The molecule has 0 atom stereocenters. The molecule has 0 aromatic carbocycles. The highest BCUT2D eigenvalue weighted by atomic mass is 16.2. The number of carbonyl (C=O) groups is 6. The zero-order valence-corrected chi connectivity index (χ0v) is 11.7. The van der Waals surface area contributed by atoms with Gasteiger partial charge in [0.25, 0.3) is 0 Å². The fourth-order valence-electron chi connectivity index (χ4n) is 1.42. The molecule has 2 aliphatic heterocycles. The van der Waals surface area contributed by atoms with E-state index in [2.05, 4.69) is 0 Å². The molecule has 114 valence electrons. The van der Waals surface area contributed by atoms with Crippen LogP contribution in [0.5, 0.6) is 0 Å². The lowest BCUT2D eigenvalue weighted by Gasteiger charge is -2.26. The van der Waals surface area contributed by atoms with Crippen molar-refractivity contribution in [3.8, 4) is 0 Å². The lowest BCUT2D eigenvalue weighted by molar-refractivity contribution is -0.141. The van der Waals surface area contributed by atoms with Crippen molar-refractivity contribution in [2.45, 2.75) is 12.8 Å². The van der Waals surface area contributed by atoms with Gasteiger partial charge in [0.05, 0.1) is 0 Å². The van der Waals surface area contributed by atoms with E-state index in [1.807, 2.05) is 5.32 Å². The second kappa shape index (κ2) is 6.11. The maximum Gasteiger partial charge on any atom is 0.332 e. The molecule has 0 aromatic rings. The maximum atomic E-state index is 11.0. The number of nitrogens with one attached hydrogen (secondary N) is 1. The van der Waals surface area contributed by atoms with Gasteiger partial charge in [-0.2, -0.15) is 0 Å². The van der Waals surface area contributed by atoms with Crippen LogP contribution in [0.2, 0.25) is 0 Å². The fraction of sp³-hybridized carbons (Fsp3) is 0.455. The fourth-order valence-corrected chi connectivity index (χ4v) is 1.42. The summed E-state index contributed by atoms with van der Waals surface area (Å²) in [6.45, 7) is 0. The van der Waals surface area contributed by atoms with Crippen molar-refractivity contribution in [1.82, 2.24) is 20.0 Å². The van der Waals surface area contributed by atoms with Gasteiger partial charge in [0.15, 0.2) is 0 Å². The number of imide groups is 4. The molecule has 0 radical (unpaired) electrons. The summed E-state index contributed by atoms with van der Waals surface area (Å²) in [4.78, 5) is 67.0. The molecule has 0 saturated carbocycles. The molecule has 2 aliphatic rings. The standard InChI is InChI=1S/C6H8N2O3.C5H6N2O3/c1-7-4(9)3-5(10)8(2)6(7)11;1-7-4(9)2-3(8)6-5(7)10/h3H2,1-2H3;2H2,1H3,(H,6,8,10). The van der Waals surface area contributed by atoms with Crippen LogP contribution in [0.3, 0.4) is 0 Å². The van der Waals surface area contributed by atoms with Crippen LogP contribution in [0, 0.1) is 0 Å². The summed E-state index contributed by atoms with van der Waals surface area (Å²) < 4.78 is 0. The number of amides is 8. The van der Waals surface area contributed by atoms with E-state index < -0.39 is 35.7 Å².